The number of alkyl halides is 1. The fourth-order valence-corrected chi connectivity index (χ4v) is 2.90. The van der Waals surface area contributed by atoms with Crippen LogP contribution in [-0.2, 0) is 14.8 Å². The first-order valence-electron chi connectivity index (χ1n) is 6.23. The molecular formula is C14H21Br2NO2. The number of methoxy groups -OCH3 is 2. The number of hydrogen-bond acceptors (Lipinski definition) is 3. The lowest BCUT2D eigenvalue weighted by Crippen LogP contribution is -2.39. The number of nitrogens with zero attached hydrogens (tertiary/aromatic N) is 1. The monoisotopic (exact) mass is 393 g/mol. The van der Waals surface area contributed by atoms with Crippen LogP contribution < -0.4 is 4.90 Å². The Morgan fingerprint density at radius 1 is 1.26 bits per heavy atom. The van der Waals surface area contributed by atoms with Crippen molar-refractivity contribution in [2.75, 3.05) is 38.9 Å². The highest BCUT2D eigenvalue weighted by Gasteiger charge is 2.17. The summed E-state index contributed by atoms with van der Waals surface area (Å²) in [5.41, 5.74) is 2.48. The van der Waals surface area contributed by atoms with Crippen LogP contribution >= 0.6 is 31.9 Å². The molecule has 0 aromatic heterocycles. The van der Waals surface area contributed by atoms with E-state index in [1.807, 2.05) is 0 Å². The molecule has 0 saturated heterocycles. The standard InChI is InChI=1S/C14H21Br2NO2/c1-11(10-19-3)17(6-7-18-2)14-5-4-13(16)8-12(14)9-15/h4-5,8,11H,6-7,9-10H2,1-3H3. The summed E-state index contributed by atoms with van der Waals surface area (Å²) in [5, 5.41) is 0.824. The Morgan fingerprint density at radius 2 is 2.00 bits per heavy atom. The molecule has 0 bridgehead atoms. The first-order valence-corrected chi connectivity index (χ1v) is 8.14. The molecule has 0 heterocycles. The average molecular weight is 395 g/mol. The van der Waals surface area contributed by atoms with Crippen LogP contribution in [0.5, 0.6) is 0 Å². The summed E-state index contributed by atoms with van der Waals surface area (Å²) in [5.74, 6) is 0. The summed E-state index contributed by atoms with van der Waals surface area (Å²) in [7, 11) is 3.46. The highest BCUT2D eigenvalue weighted by molar-refractivity contribution is 9.10. The molecule has 0 saturated carbocycles. The highest BCUT2D eigenvalue weighted by atomic mass is 79.9. The van der Waals surface area contributed by atoms with Gasteiger partial charge in [0, 0.05) is 42.3 Å². The Bertz CT molecular complexity index is 388. The number of rotatable bonds is 8. The van der Waals surface area contributed by atoms with Crippen molar-refractivity contribution in [1.29, 1.82) is 0 Å². The third-order valence-corrected chi connectivity index (χ3v) is 4.07. The lowest BCUT2D eigenvalue weighted by atomic mass is 10.1. The fourth-order valence-electron chi connectivity index (χ4n) is 2.04. The topological polar surface area (TPSA) is 21.7 Å². The average Bonchev–Trinajstić information content (AvgIpc) is 2.40. The Balaban J connectivity index is 3.01. The first-order chi connectivity index (χ1) is 9.13. The minimum Gasteiger partial charge on any atom is -0.383 e. The third-order valence-electron chi connectivity index (χ3n) is 2.97. The Morgan fingerprint density at radius 3 is 2.58 bits per heavy atom. The maximum Gasteiger partial charge on any atom is 0.0663 e. The summed E-state index contributed by atoms with van der Waals surface area (Å²) < 4.78 is 11.6. The molecule has 3 nitrogen and oxygen atoms in total. The van der Waals surface area contributed by atoms with Crippen molar-refractivity contribution < 1.29 is 9.47 Å². The molecule has 108 valence electrons. The molecule has 5 heteroatoms. The molecule has 0 radical (unpaired) electrons. The predicted molar refractivity (Wildman–Crippen MR) is 87.3 cm³/mol. The van der Waals surface area contributed by atoms with E-state index in [2.05, 4.69) is 61.9 Å². The van der Waals surface area contributed by atoms with E-state index in [-0.39, 0.29) is 0 Å². The van der Waals surface area contributed by atoms with E-state index in [0.29, 0.717) is 19.3 Å². The van der Waals surface area contributed by atoms with E-state index in [0.717, 1.165) is 16.3 Å². The fraction of sp³-hybridized carbons (Fsp3) is 0.571. The number of benzene rings is 1. The van der Waals surface area contributed by atoms with Gasteiger partial charge in [0.2, 0.25) is 0 Å². The van der Waals surface area contributed by atoms with Gasteiger partial charge in [-0.1, -0.05) is 31.9 Å². The number of anilines is 1. The molecule has 1 atom stereocenters. The summed E-state index contributed by atoms with van der Waals surface area (Å²) in [6, 6.07) is 6.66. The van der Waals surface area contributed by atoms with Crippen LogP contribution in [-0.4, -0.2) is 40.0 Å². The summed E-state index contributed by atoms with van der Waals surface area (Å²) in [6.45, 7) is 4.41. The van der Waals surface area contributed by atoms with Crippen molar-refractivity contribution in [2.45, 2.75) is 18.3 Å². The minimum absolute atomic E-state index is 0.305. The number of hydrogen-bond donors (Lipinski definition) is 0. The molecule has 1 unspecified atom stereocenters. The van der Waals surface area contributed by atoms with Crippen molar-refractivity contribution in [3.05, 3.63) is 28.2 Å². The minimum atomic E-state index is 0.305. The summed E-state index contributed by atoms with van der Waals surface area (Å²) in [4.78, 5) is 2.33. The van der Waals surface area contributed by atoms with Gasteiger partial charge < -0.3 is 14.4 Å². The quantitative estimate of drug-likeness (QED) is 0.625. The van der Waals surface area contributed by atoms with Gasteiger partial charge in [-0.25, -0.2) is 0 Å². The van der Waals surface area contributed by atoms with Gasteiger partial charge in [0.05, 0.1) is 13.2 Å². The van der Waals surface area contributed by atoms with Gasteiger partial charge in [-0.3, -0.25) is 0 Å². The molecule has 0 aliphatic rings. The molecule has 0 aliphatic carbocycles. The van der Waals surface area contributed by atoms with Gasteiger partial charge in [-0.15, -0.1) is 0 Å². The molecule has 1 rings (SSSR count). The SMILES string of the molecule is COCCN(c1ccc(Br)cc1CBr)C(C)COC. The smallest absolute Gasteiger partial charge is 0.0663 e. The maximum atomic E-state index is 5.28. The second-order valence-corrected chi connectivity index (χ2v) is 5.87. The molecule has 0 fully saturated rings. The van der Waals surface area contributed by atoms with E-state index in [1.165, 1.54) is 11.3 Å². The largest absolute Gasteiger partial charge is 0.383 e. The van der Waals surface area contributed by atoms with Gasteiger partial charge in [0.15, 0.2) is 0 Å². The van der Waals surface area contributed by atoms with Crippen LogP contribution in [0.4, 0.5) is 5.69 Å². The second-order valence-electron chi connectivity index (χ2n) is 4.40. The van der Waals surface area contributed by atoms with Crippen molar-refractivity contribution in [1.82, 2.24) is 0 Å². The molecule has 1 aromatic carbocycles. The first kappa shape index (κ1) is 17.0. The van der Waals surface area contributed by atoms with Crippen LogP contribution in [0.25, 0.3) is 0 Å². The normalized spacial score (nSPS) is 12.5. The van der Waals surface area contributed by atoms with Crippen LogP contribution in [0.15, 0.2) is 22.7 Å². The molecule has 0 amide bonds. The van der Waals surface area contributed by atoms with Gasteiger partial charge in [-0.05, 0) is 30.7 Å². The van der Waals surface area contributed by atoms with Crippen LogP contribution in [0, 0.1) is 0 Å². The second kappa shape index (κ2) is 8.95. The molecule has 19 heavy (non-hydrogen) atoms. The van der Waals surface area contributed by atoms with Crippen LogP contribution in [0.3, 0.4) is 0 Å². The Labute approximate surface area is 132 Å². The van der Waals surface area contributed by atoms with Crippen LogP contribution in [0.1, 0.15) is 12.5 Å². The maximum absolute atomic E-state index is 5.28. The zero-order valence-electron chi connectivity index (χ0n) is 11.7. The van der Waals surface area contributed by atoms with E-state index in [4.69, 9.17) is 9.47 Å². The Kier molecular flexibility index (Phi) is 7.99. The van der Waals surface area contributed by atoms with Crippen molar-refractivity contribution in [3.8, 4) is 0 Å². The van der Waals surface area contributed by atoms with Crippen molar-refractivity contribution in [3.63, 3.8) is 0 Å². The van der Waals surface area contributed by atoms with E-state index >= 15 is 0 Å². The Hall–Kier alpha value is -0.100. The van der Waals surface area contributed by atoms with Crippen molar-refractivity contribution in [2.24, 2.45) is 0 Å². The lowest BCUT2D eigenvalue weighted by Gasteiger charge is -2.32. The molecule has 1 aromatic rings. The summed E-state index contributed by atoms with van der Waals surface area (Å²) >= 11 is 7.08. The lowest BCUT2D eigenvalue weighted by molar-refractivity contribution is 0.171. The molecule has 0 spiro atoms. The molecule has 0 aliphatic heterocycles. The number of halogens is 2. The summed E-state index contributed by atoms with van der Waals surface area (Å²) in [6.07, 6.45) is 0. The van der Waals surface area contributed by atoms with Gasteiger partial charge in [0.25, 0.3) is 0 Å². The molecular weight excluding hydrogens is 374 g/mol. The van der Waals surface area contributed by atoms with E-state index in [1.54, 1.807) is 14.2 Å². The van der Waals surface area contributed by atoms with Gasteiger partial charge in [0.1, 0.15) is 0 Å². The van der Waals surface area contributed by atoms with Crippen molar-refractivity contribution >= 4 is 37.5 Å². The zero-order valence-corrected chi connectivity index (χ0v) is 14.8. The zero-order chi connectivity index (χ0) is 14.3. The highest BCUT2D eigenvalue weighted by Crippen LogP contribution is 2.28. The van der Waals surface area contributed by atoms with Crippen LogP contribution in [0.2, 0.25) is 0 Å². The van der Waals surface area contributed by atoms with E-state index in [9.17, 15) is 0 Å². The molecule has 0 N–H and O–H groups in total. The van der Waals surface area contributed by atoms with E-state index < -0.39 is 0 Å². The number of ether oxygens (including phenoxy) is 2. The third kappa shape index (κ3) is 5.06. The van der Waals surface area contributed by atoms with Gasteiger partial charge in [-0.2, -0.15) is 0 Å². The predicted octanol–water partition coefficient (Wildman–Crippen LogP) is 3.83. The van der Waals surface area contributed by atoms with Gasteiger partial charge >= 0.3 is 0 Å².